The Balaban J connectivity index is 1.78. The number of carbonyl (C=O) groups is 1. The number of piperidine rings is 1. The van der Waals surface area contributed by atoms with E-state index in [-0.39, 0.29) is 11.5 Å². The van der Waals surface area contributed by atoms with E-state index in [2.05, 4.69) is 6.07 Å². The molecule has 0 aliphatic carbocycles. The molecule has 1 amide bonds. The number of para-hydroxylation sites is 1. The predicted molar refractivity (Wildman–Crippen MR) is 129 cm³/mol. The molecule has 0 saturated carbocycles. The van der Waals surface area contributed by atoms with Gasteiger partial charge in [-0.2, -0.15) is 10.4 Å². The number of benzene rings is 2. The number of rotatable bonds is 6. The molecule has 168 valence electrons. The van der Waals surface area contributed by atoms with Crippen molar-refractivity contribution in [3.05, 3.63) is 70.9 Å². The third-order valence-electron chi connectivity index (χ3n) is 5.56. The van der Waals surface area contributed by atoms with Gasteiger partial charge in [0.1, 0.15) is 23.1 Å². The molecule has 4 rings (SSSR count). The summed E-state index contributed by atoms with van der Waals surface area (Å²) in [5, 5.41) is 15.0. The highest BCUT2D eigenvalue weighted by Crippen LogP contribution is 2.33. The van der Waals surface area contributed by atoms with Gasteiger partial charge in [0, 0.05) is 30.4 Å². The number of carbonyl (C=O) groups excluding carboxylic acids is 1. The average molecular weight is 461 g/mol. The quantitative estimate of drug-likeness (QED) is 0.359. The lowest BCUT2D eigenvalue weighted by Gasteiger charge is -2.26. The predicted octanol–water partition coefficient (Wildman–Crippen LogP) is 5.51. The minimum atomic E-state index is -0.236. The molecule has 2 heterocycles. The fourth-order valence-corrected chi connectivity index (χ4v) is 4.15. The van der Waals surface area contributed by atoms with Crippen LogP contribution in [0.3, 0.4) is 0 Å². The molecular weight excluding hydrogens is 436 g/mol. The van der Waals surface area contributed by atoms with E-state index in [4.69, 9.17) is 21.4 Å². The summed E-state index contributed by atoms with van der Waals surface area (Å²) < 4.78 is 7.29. The van der Waals surface area contributed by atoms with Crippen LogP contribution >= 0.6 is 11.6 Å². The third-order valence-corrected chi connectivity index (χ3v) is 5.86. The number of nitriles is 1. The van der Waals surface area contributed by atoms with Crippen molar-refractivity contribution in [1.29, 1.82) is 5.26 Å². The molecule has 6 nitrogen and oxygen atoms in total. The van der Waals surface area contributed by atoms with Crippen molar-refractivity contribution < 1.29 is 9.53 Å². The van der Waals surface area contributed by atoms with E-state index < -0.39 is 0 Å². The zero-order valence-corrected chi connectivity index (χ0v) is 19.3. The number of hydrogen-bond donors (Lipinski definition) is 0. The molecule has 7 heteroatoms. The van der Waals surface area contributed by atoms with Crippen LogP contribution in [0.4, 0.5) is 0 Å². The molecule has 1 aromatic heterocycles. The Hall–Kier alpha value is -3.56. The minimum Gasteiger partial charge on any atom is -0.492 e. The van der Waals surface area contributed by atoms with Gasteiger partial charge < -0.3 is 9.64 Å². The maximum Gasteiger partial charge on any atom is 0.264 e. The van der Waals surface area contributed by atoms with E-state index in [1.165, 1.54) is 0 Å². The average Bonchev–Trinajstić information content (AvgIpc) is 3.28. The Bertz CT molecular complexity index is 1200. The summed E-state index contributed by atoms with van der Waals surface area (Å²) in [6.45, 7) is 3.78. The van der Waals surface area contributed by atoms with Crippen molar-refractivity contribution in [3.8, 4) is 28.8 Å². The summed E-state index contributed by atoms with van der Waals surface area (Å²) in [5.74, 6) is 0.362. The SMILES string of the molecule is CCOc1ccc(-c2nn(-c3ccccc3)cc2/C=C(/C#N)C(=O)N2CCCCC2)cc1Cl. The van der Waals surface area contributed by atoms with E-state index in [1.807, 2.05) is 49.5 Å². The second-order valence-corrected chi connectivity index (χ2v) is 8.22. The highest BCUT2D eigenvalue weighted by molar-refractivity contribution is 6.32. The van der Waals surface area contributed by atoms with Crippen LogP contribution in [0.25, 0.3) is 23.0 Å². The Morgan fingerprint density at radius 2 is 1.94 bits per heavy atom. The van der Waals surface area contributed by atoms with Gasteiger partial charge in [-0.15, -0.1) is 0 Å². The van der Waals surface area contributed by atoms with E-state index in [0.717, 1.165) is 30.5 Å². The molecule has 1 aliphatic rings. The minimum absolute atomic E-state index is 0.0998. The zero-order chi connectivity index (χ0) is 23.2. The highest BCUT2D eigenvalue weighted by Gasteiger charge is 2.22. The van der Waals surface area contributed by atoms with Gasteiger partial charge in [0.05, 0.1) is 17.3 Å². The largest absolute Gasteiger partial charge is 0.492 e. The lowest BCUT2D eigenvalue weighted by Crippen LogP contribution is -2.36. The van der Waals surface area contributed by atoms with Crippen LogP contribution in [-0.4, -0.2) is 40.3 Å². The molecule has 0 unspecified atom stereocenters. The summed E-state index contributed by atoms with van der Waals surface area (Å²) >= 11 is 6.43. The highest BCUT2D eigenvalue weighted by atomic mass is 35.5. The smallest absolute Gasteiger partial charge is 0.264 e. The van der Waals surface area contributed by atoms with Crippen LogP contribution in [0.1, 0.15) is 31.7 Å². The standard InChI is InChI=1S/C26H25ClN4O2/c1-2-33-24-12-11-19(16-23(24)27)25-21(18-31(29-25)22-9-5-3-6-10-22)15-20(17-28)26(32)30-13-7-4-8-14-30/h3,5-6,9-12,15-16,18H,2,4,7-8,13-14H2,1H3/b20-15-. The molecule has 2 aromatic carbocycles. The number of likely N-dealkylation sites (tertiary alicyclic amines) is 1. The fourth-order valence-electron chi connectivity index (χ4n) is 3.92. The van der Waals surface area contributed by atoms with Crippen molar-refractivity contribution >= 4 is 23.6 Å². The summed E-state index contributed by atoms with van der Waals surface area (Å²) in [7, 11) is 0. The molecule has 33 heavy (non-hydrogen) atoms. The molecule has 3 aromatic rings. The maximum absolute atomic E-state index is 13.0. The molecule has 0 N–H and O–H groups in total. The Labute approximate surface area is 198 Å². The van der Waals surface area contributed by atoms with Crippen molar-refractivity contribution in [2.75, 3.05) is 19.7 Å². The van der Waals surface area contributed by atoms with Crippen LogP contribution in [0, 0.1) is 11.3 Å². The molecule has 0 spiro atoms. The van der Waals surface area contributed by atoms with Crippen molar-refractivity contribution in [2.45, 2.75) is 26.2 Å². The van der Waals surface area contributed by atoms with E-state index >= 15 is 0 Å². The molecule has 0 radical (unpaired) electrons. The normalized spacial score (nSPS) is 14.1. The molecule has 0 atom stereocenters. The lowest BCUT2D eigenvalue weighted by molar-refractivity contribution is -0.127. The van der Waals surface area contributed by atoms with Gasteiger partial charge in [-0.25, -0.2) is 4.68 Å². The van der Waals surface area contributed by atoms with Gasteiger partial charge >= 0.3 is 0 Å². The topological polar surface area (TPSA) is 71.1 Å². The Morgan fingerprint density at radius 1 is 1.18 bits per heavy atom. The zero-order valence-electron chi connectivity index (χ0n) is 18.5. The number of halogens is 1. The first-order chi connectivity index (χ1) is 16.1. The number of hydrogen-bond acceptors (Lipinski definition) is 4. The summed E-state index contributed by atoms with van der Waals surface area (Å²) in [5.41, 5.74) is 3.04. The van der Waals surface area contributed by atoms with Gasteiger partial charge in [0.2, 0.25) is 0 Å². The number of nitrogens with zero attached hydrogens (tertiary/aromatic N) is 4. The van der Waals surface area contributed by atoms with Gasteiger partial charge in [-0.05, 0) is 62.6 Å². The van der Waals surface area contributed by atoms with Crippen molar-refractivity contribution in [3.63, 3.8) is 0 Å². The van der Waals surface area contributed by atoms with Crippen LogP contribution in [0.5, 0.6) is 5.75 Å². The monoisotopic (exact) mass is 460 g/mol. The first-order valence-electron chi connectivity index (χ1n) is 11.1. The molecule has 1 saturated heterocycles. The van der Waals surface area contributed by atoms with Gasteiger partial charge in [-0.3, -0.25) is 4.79 Å². The first-order valence-corrected chi connectivity index (χ1v) is 11.5. The number of aromatic nitrogens is 2. The molecular formula is C26H25ClN4O2. The maximum atomic E-state index is 13.0. The van der Waals surface area contributed by atoms with Crippen LogP contribution in [0.15, 0.2) is 60.3 Å². The van der Waals surface area contributed by atoms with Gasteiger partial charge in [0.25, 0.3) is 5.91 Å². The van der Waals surface area contributed by atoms with Crippen LogP contribution < -0.4 is 4.74 Å². The van der Waals surface area contributed by atoms with Gasteiger partial charge in [-0.1, -0.05) is 29.8 Å². The number of ether oxygens (including phenoxy) is 1. The molecule has 1 fully saturated rings. The Kier molecular flexibility index (Phi) is 7.11. The Morgan fingerprint density at radius 3 is 2.61 bits per heavy atom. The van der Waals surface area contributed by atoms with Crippen molar-refractivity contribution in [1.82, 2.24) is 14.7 Å². The van der Waals surface area contributed by atoms with Crippen LogP contribution in [0.2, 0.25) is 5.02 Å². The second-order valence-electron chi connectivity index (χ2n) is 7.81. The summed E-state index contributed by atoms with van der Waals surface area (Å²) in [4.78, 5) is 14.8. The van der Waals surface area contributed by atoms with Crippen molar-refractivity contribution in [2.24, 2.45) is 0 Å². The second kappa shape index (κ2) is 10.4. The fraction of sp³-hybridized carbons (Fsp3) is 0.269. The van der Waals surface area contributed by atoms with Gasteiger partial charge in [0.15, 0.2) is 0 Å². The summed E-state index contributed by atoms with van der Waals surface area (Å²) in [6, 6.07) is 17.3. The van der Waals surface area contributed by atoms with E-state index in [1.54, 1.807) is 27.8 Å². The lowest BCUT2D eigenvalue weighted by atomic mass is 10.0. The van der Waals surface area contributed by atoms with E-state index in [0.29, 0.717) is 41.7 Å². The summed E-state index contributed by atoms with van der Waals surface area (Å²) in [6.07, 6.45) is 6.50. The first kappa shape index (κ1) is 22.6. The molecule has 1 aliphatic heterocycles. The number of amides is 1. The van der Waals surface area contributed by atoms with E-state index in [9.17, 15) is 10.1 Å². The molecule has 0 bridgehead atoms. The van der Waals surface area contributed by atoms with Crippen LogP contribution in [-0.2, 0) is 4.79 Å². The third kappa shape index (κ3) is 5.10.